The molecule has 3 heteroatoms. The molecule has 1 saturated heterocycles. The molecule has 0 radical (unpaired) electrons. The summed E-state index contributed by atoms with van der Waals surface area (Å²) in [5.74, 6) is 0. The number of unbranched alkanes of at least 4 members (excludes halogenated alkanes) is 2. The largest absolute Gasteiger partial charge is 0.329 e. The zero-order valence-corrected chi connectivity index (χ0v) is 13.6. The number of rotatable bonds is 8. The Balaban J connectivity index is 2.67. The van der Waals surface area contributed by atoms with Gasteiger partial charge >= 0.3 is 0 Å². The monoisotopic (exact) mass is 269 g/mol. The molecule has 2 N–H and O–H groups in total. The van der Waals surface area contributed by atoms with Gasteiger partial charge in [-0.25, -0.2) is 0 Å². The molecule has 0 aromatic carbocycles. The van der Waals surface area contributed by atoms with Gasteiger partial charge in [0, 0.05) is 18.1 Å². The predicted octanol–water partition coefficient (Wildman–Crippen LogP) is 2.70. The minimum Gasteiger partial charge on any atom is -0.329 e. The van der Waals surface area contributed by atoms with Crippen molar-refractivity contribution in [2.45, 2.75) is 71.4 Å². The first kappa shape index (κ1) is 16.9. The number of nitrogens with two attached hydrogens (primary N) is 1. The molecule has 1 heterocycles. The summed E-state index contributed by atoms with van der Waals surface area (Å²) in [6.07, 6.45) is 6.42. The fourth-order valence-corrected chi connectivity index (χ4v) is 3.47. The third-order valence-corrected chi connectivity index (χ3v) is 4.85. The van der Waals surface area contributed by atoms with E-state index in [-0.39, 0.29) is 5.54 Å². The number of nitrogens with zero attached hydrogens (tertiary/aromatic N) is 2. The van der Waals surface area contributed by atoms with Gasteiger partial charge in [-0.15, -0.1) is 0 Å². The lowest BCUT2D eigenvalue weighted by Crippen LogP contribution is -2.61. The molecule has 1 aliphatic rings. The summed E-state index contributed by atoms with van der Waals surface area (Å²) < 4.78 is 0. The molecule has 1 fully saturated rings. The molecule has 0 amide bonds. The molecule has 114 valence electrons. The smallest absolute Gasteiger partial charge is 0.0358 e. The van der Waals surface area contributed by atoms with E-state index in [0.717, 1.165) is 6.54 Å². The molecule has 0 aliphatic carbocycles. The average Bonchev–Trinajstić information content (AvgIpc) is 2.43. The van der Waals surface area contributed by atoms with Gasteiger partial charge in [0.15, 0.2) is 0 Å². The van der Waals surface area contributed by atoms with Crippen molar-refractivity contribution in [1.82, 2.24) is 9.80 Å². The van der Waals surface area contributed by atoms with Crippen LogP contribution in [0.2, 0.25) is 0 Å². The van der Waals surface area contributed by atoms with Gasteiger partial charge in [0.1, 0.15) is 0 Å². The Morgan fingerprint density at radius 2 is 1.79 bits per heavy atom. The van der Waals surface area contributed by atoms with Crippen LogP contribution in [0.15, 0.2) is 0 Å². The first-order chi connectivity index (χ1) is 9.09. The van der Waals surface area contributed by atoms with Crippen molar-refractivity contribution in [3.8, 4) is 0 Å². The third-order valence-electron chi connectivity index (χ3n) is 4.85. The molecule has 0 bridgehead atoms. The Labute approximate surface area is 120 Å². The molecule has 1 aliphatic heterocycles. The van der Waals surface area contributed by atoms with E-state index in [1.165, 1.54) is 58.3 Å². The lowest BCUT2D eigenvalue weighted by atomic mass is 9.84. The topological polar surface area (TPSA) is 32.5 Å². The van der Waals surface area contributed by atoms with Crippen molar-refractivity contribution in [2.75, 3.05) is 32.7 Å². The van der Waals surface area contributed by atoms with Gasteiger partial charge in [0.2, 0.25) is 0 Å². The van der Waals surface area contributed by atoms with Gasteiger partial charge in [-0.3, -0.25) is 4.90 Å². The quantitative estimate of drug-likeness (QED) is 0.688. The lowest BCUT2D eigenvalue weighted by Gasteiger charge is -2.50. The molecule has 1 rings (SSSR count). The van der Waals surface area contributed by atoms with Gasteiger partial charge in [0.05, 0.1) is 0 Å². The normalized spacial score (nSPS) is 20.4. The summed E-state index contributed by atoms with van der Waals surface area (Å²) in [7, 11) is 0. The highest BCUT2D eigenvalue weighted by atomic mass is 15.3. The van der Waals surface area contributed by atoms with Gasteiger partial charge < -0.3 is 10.6 Å². The van der Waals surface area contributed by atoms with Gasteiger partial charge in [-0.05, 0) is 59.3 Å². The first-order valence-electron chi connectivity index (χ1n) is 8.28. The van der Waals surface area contributed by atoms with E-state index in [1.807, 2.05) is 0 Å². The van der Waals surface area contributed by atoms with Crippen molar-refractivity contribution in [3.63, 3.8) is 0 Å². The maximum atomic E-state index is 6.21. The second-order valence-electron chi connectivity index (χ2n) is 6.36. The minimum atomic E-state index is 0.258. The SMILES string of the molecule is CCCCCN(C(C)C)C1(CN)CCN(CC)CC1. The van der Waals surface area contributed by atoms with Gasteiger partial charge in [-0.1, -0.05) is 26.7 Å². The standard InChI is InChI=1S/C16H35N3/c1-5-7-8-11-19(15(3)4)16(14-17)9-12-18(6-2)13-10-16/h15H,5-14,17H2,1-4H3. The van der Waals surface area contributed by atoms with Crippen molar-refractivity contribution < 1.29 is 0 Å². The highest BCUT2D eigenvalue weighted by molar-refractivity contribution is 4.97. The van der Waals surface area contributed by atoms with Crippen molar-refractivity contribution >= 4 is 0 Å². The fourth-order valence-electron chi connectivity index (χ4n) is 3.47. The molecular weight excluding hydrogens is 234 g/mol. The van der Waals surface area contributed by atoms with Crippen LogP contribution in [-0.2, 0) is 0 Å². The van der Waals surface area contributed by atoms with Crippen LogP contribution in [0.1, 0.15) is 59.8 Å². The minimum absolute atomic E-state index is 0.258. The molecule has 0 atom stereocenters. The molecule has 0 unspecified atom stereocenters. The predicted molar refractivity (Wildman–Crippen MR) is 84.5 cm³/mol. The number of hydrogen-bond donors (Lipinski definition) is 1. The Morgan fingerprint density at radius 3 is 2.21 bits per heavy atom. The van der Waals surface area contributed by atoms with Gasteiger partial charge in [0.25, 0.3) is 0 Å². The van der Waals surface area contributed by atoms with Crippen LogP contribution in [-0.4, -0.2) is 54.1 Å². The highest BCUT2D eigenvalue weighted by Gasteiger charge is 2.39. The maximum absolute atomic E-state index is 6.21. The average molecular weight is 269 g/mol. The molecule has 3 nitrogen and oxygen atoms in total. The van der Waals surface area contributed by atoms with Crippen LogP contribution in [0.4, 0.5) is 0 Å². The Hall–Kier alpha value is -0.120. The van der Waals surface area contributed by atoms with E-state index in [2.05, 4.69) is 37.5 Å². The zero-order chi connectivity index (χ0) is 14.3. The van der Waals surface area contributed by atoms with Crippen LogP contribution < -0.4 is 5.73 Å². The first-order valence-corrected chi connectivity index (χ1v) is 8.28. The third kappa shape index (κ3) is 4.44. The van der Waals surface area contributed by atoms with Crippen molar-refractivity contribution in [2.24, 2.45) is 5.73 Å². The van der Waals surface area contributed by atoms with Crippen LogP contribution >= 0.6 is 0 Å². The van der Waals surface area contributed by atoms with E-state index in [0.29, 0.717) is 6.04 Å². The van der Waals surface area contributed by atoms with E-state index < -0.39 is 0 Å². The van der Waals surface area contributed by atoms with Crippen molar-refractivity contribution in [1.29, 1.82) is 0 Å². The Morgan fingerprint density at radius 1 is 1.16 bits per heavy atom. The summed E-state index contributed by atoms with van der Waals surface area (Å²) >= 11 is 0. The summed E-state index contributed by atoms with van der Waals surface area (Å²) in [5.41, 5.74) is 6.47. The zero-order valence-electron chi connectivity index (χ0n) is 13.6. The maximum Gasteiger partial charge on any atom is 0.0358 e. The second-order valence-corrected chi connectivity index (χ2v) is 6.36. The van der Waals surface area contributed by atoms with Crippen LogP contribution in [0.3, 0.4) is 0 Å². The summed E-state index contributed by atoms with van der Waals surface area (Å²) in [4.78, 5) is 5.26. The van der Waals surface area contributed by atoms with Gasteiger partial charge in [-0.2, -0.15) is 0 Å². The van der Waals surface area contributed by atoms with Crippen LogP contribution in [0, 0.1) is 0 Å². The number of hydrogen-bond acceptors (Lipinski definition) is 3. The second kappa shape index (κ2) is 8.23. The summed E-state index contributed by atoms with van der Waals surface area (Å²) in [6.45, 7) is 14.8. The highest BCUT2D eigenvalue weighted by Crippen LogP contribution is 2.30. The number of piperidine rings is 1. The molecule has 0 aromatic heterocycles. The molecule has 0 spiro atoms. The van der Waals surface area contributed by atoms with Crippen LogP contribution in [0.25, 0.3) is 0 Å². The van der Waals surface area contributed by atoms with Crippen molar-refractivity contribution in [3.05, 3.63) is 0 Å². The molecular formula is C16H35N3. The summed E-state index contributed by atoms with van der Waals surface area (Å²) in [6, 6.07) is 0.605. The van der Waals surface area contributed by atoms with E-state index in [4.69, 9.17) is 5.73 Å². The fraction of sp³-hybridized carbons (Fsp3) is 1.00. The Kier molecular flexibility index (Phi) is 7.33. The van der Waals surface area contributed by atoms with E-state index in [9.17, 15) is 0 Å². The summed E-state index contributed by atoms with van der Waals surface area (Å²) in [5, 5.41) is 0. The Bertz CT molecular complexity index is 232. The number of likely N-dealkylation sites (tertiary alicyclic amines) is 1. The van der Waals surface area contributed by atoms with E-state index >= 15 is 0 Å². The van der Waals surface area contributed by atoms with E-state index in [1.54, 1.807) is 0 Å². The molecule has 0 saturated carbocycles. The van der Waals surface area contributed by atoms with Crippen LogP contribution in [0.5, 0.6) is 0 Å². The molecule has 19 heavy (non-hydrogen) atoms. The lowest BCUT2D eigenvalue weighted by molar-refractivity contribution is 0.00571. The molecule has 0 aromatic rings.